The van der Waals surface area contributed by atoms with Gasteiger partial charge in [-0.25, -0.2) is 0 Å². The van der Waals surface area contributed by atoms with Crippen LogP contribution in [0.5, 0.6) is 0 Å². The maximum absolute atomic E-state index is 8.96. The highest BCUT2D eigenvalue weighted by Gasteiger charge is 1.89. The number of pyridine rings is 2. The van der Waals surface area contributed by atoms with Gasteiger partial charge in [0.1, 0.15) is 0 Å². The number of aromatic nitrogens is 2. The number of rotatable bonds is 3. The molecule has 2 rings (SSSR count). The smallest absolute Gasteiger partial charge is 0.0546 e. The van der Waals surface area contributed by atoms with Gasteiger partial charge in [-0.15, -0.1) is 0 Å². The van der Waals surface area contributed by atoms with Gasteiger partial charge in [0.2, 0.25) is 0 Å². The third-order valence-corrected chi connectivity index (χ3v) is 2.57. The first-order chi connectivity index (χ1) is 9.18. The zero-order valence-corrected chi connectivity index (χ0v) is 12.4. The number of halogens is 1. The molecular weight excluding hydrogens is 304 g/mol. The molecule has 0 unspecified atom stereocenters. The Morgan fingerprint density at radius 2 is 1.89 bits per heavy atom. The second kappa shape index (κ2) is 9.42. The molecule has 2 aromatic heterocycles. The molecule has 0 radical (unpaired) electrons. The Kier molecular flexibility index (Phi) is 7.70. The minimum absolute atomic E-state index is 0.266. The van der Waals surface area contributed by atoms with Crippen LogP contribution in [0.4, 0.5) is 0 Å². The number of aliphatic hydroxyl groups is 1. The average molecular weight is 321 g/mol. The van der Waals surface area contributed by atoms with Gasteiger partial charge in [-0.1, -0.05) is 18.2 Å². The van der Waals surface area contributed by atoms with Crippen molar-refractivity contribution in [2.45, 2.75) is 19.4 Å². The lowest BCUT2D eigenvalue weighted by Gasteiger charge is -1.96. The highest BCUT2D eigenvalue weighted by Crippen LogP contribution is 2.03. The van der Waals surface area contributed by atoms with Crippen LogP contribution in [-0.4, -0.2) is 21.2 Å². The van der Waals surface area contributed by atoms with Crippen molar-refractivity contribution in [1.29, 1.82) is 0 Å². The average Bonchev–Trinajstić information content (AvgIpc) is 2.41. The van der Waals surface area contributed by atoms with Crippen molar-refractivity contribution in [3.63, 3.8) is 0 Å². The molecule has 0 spiro atoms. The van der Waals surface area contributed by atoms with E-state index in [1.807, 2.05) is 36.4 Å². The minimum atomic E-state index is -0.266. The van der Waals surface area contributed by atoms with Gasteiger partial charge in [-0.05, 0) is 53.0 Å². The maximum atomic E-state index is 8.96. The minimum Gasteiger partial charge on any atom is -0.393 e. The normalized spacial score (nSPS) is 11.7. The van der Waals surface area contributed by atoms with Crippen LogP contribution in [0.25, 0.3) is 6.08 Å². The Balaban J connectivity index is 0.000000218. The summed E-state index contributed by atoms with van der Waals surface area (Å²) in [6.07, 6.45) is 11.4. The van der Waals surface area contributed by atoms with Crippen LogP contribution in [0, 0.1) is 0 Å². The molecule has 0 aliphatic heterocycles. The van der Waals surface area contributed by atoms with Crippen molar-refractivity contribution in [2.75, 3.05) is 0 Å². The second-order valence-electron chi connectivity index (χ2n) is 3.94. The fraction of sp³-hybridized carbons (Fsp3) is 0.200. The van der Waals surface area contributed by atoms with Crippen molar-refractivity contribution in [1.82, 2.24) is 9.97 Å². The fourth-order valence-electron chi connectivity index (χ4n) is 1.22. The molecule has 0 fully saturated rings. The van der Waals surface area contributed by atoms with Crippen molar-refractivity contribution < 1.29 is 5.11 Å². The Morgan fingerprint density at radius 3 is 2.32 bits per heavy atom. The van der Waals surface area contributed by atoms with Crippen molar-refractivity contribution in [3.05, 3.63) is 65.2 Å². The summed E-state index contributed by atoms with van der Waals surface area (Å²) in [7, 11) is 0. The van der Waals surface area contributed by atoms with E-state index in [0.29, 0.717) is 6.42 Å². The lowest BCUT2D eigenvalue weighted by atomic mass is 10.2. The van der Waals surface area contributed by atoms with E-state index in [9.17, 15) is 0 Å². The quantitative estimate of drug-likeness (QED) is 0.937. The van der Waals surface area contributed by atoms with E-state index in [4.69, 9.17) is 5.11 Å². The standard InChI is InChI=1S/C10H13NO.C5H4BrN/c1-9(12)4-2-5-10-6-3-7-11-8-10;6-5-2-1-3-7-4-5/h2-3,5-9,12H,4H2,1H3;1-4H/b5-2+;/t9-;/m0./s1. The second-order valence-corrected chi connectivity index (χ2v) is 4.86. The molecule has 2 aromatic rings. The highest BCUT2D eigenvalue weighted by molar-refractivity contribution is 9.10. The Hall–Kier alpha value is -1.52. The van der Waals surface area contributed by atoms with Gasteiger partial charge in [0.25, 0.3) is 0 Å². The predicted molar refractivity (Wildman–Crippen MR) is 81.5 cm³/mol. The van der Waals surface area contributed by atoms with Crippen LogP contribution < -0.4 is 0 Å². The Labute approximate surface area is 122 Å². The molecule has 0 saturated heterocycles. The molecule has 3 nitrogen and oxygen atoms in total. The van der Waals surface area contributed by atoms with E-state index in [-0.39, 0.29) is 6.10 Å². The zero-order valence-electron chi connectivity index (χ0n) is 10.8. The summed E-state index contributed by atoms with van der Waals surface area (Å²) < 4.78 is 1.02. The Morgan fingerprint density at radius 1 is 1.21 bits per heavy atom. The molecule has 0 bridgehead atoms. The molecular formula is C15H17BrN2O. The molecule has 0 aliphatic carbocycles. The molecule has 0 saturated carbocycles. The van der Waals surface area contributed by atoms with Crippen molar-refractivity contribution in [3.8, 4) is 0 Å². The van der Waals surface area contributed by atoms with E-state index in [1.54, 1.807) is 31.7 Å². The fourth-order valence-corrected chi connectivity index (χ4v) is 1.49. The van der Waals surface area contributed by atoms with Gasteiger partial charge in [-0.3, -0.25) is 9.97 Å². The van der Waals surface area contributed by atoms with Gasteiger partial charge in [0, 0.05) is 29.3 Å². The third kappa shape index (κ3) is 8.24. The summed E-state index contributed by atoms with van der Waals surface area (Å²) >= 11 is 3.25. The molecule has 0 aliphatic rings. The lowest BCUT2D eigenvalue weighted by molar-refractivity contribution is 0.199. The number of aliphatic hydroxyl groups excluding tert-OH is 1. The van der Waals surface area contributed by atoms with Gasteiger partial charge < -0.3 is 5.11 Å². The van der Waals surface area contributed by atoms with E-state index in [0.717, 1.165) is 10.0 Å². The summed E-state index contributed by atoms with van der Waals surface area (Å²) in [5, 5.41) is 8.96. The monoisotopic (exact) mass is 320 g/mol. The lowest BCUT2D eigenvalue weighted by Crippen LogP contribution is -1.95. The third-order valence-electron chi connectivity index (χ3n) is 2.10. The first kappa shape index (κ1) is 15.5. The van der Waals surface area contributed by atoms with Gasteiger partial charge in [0.05, 0.1) is 6.10 Å². The molecule has 1 atom stereocenters. The van der Waals surface area contributed by atoms with E-state index in [2.05, 4.69) is 25.9 Å². The summed E-state index contributed by atoms with van der Waals surface area (Å²) in [5.74, 6) is 0. The molecule has 19 heavy (non-hydrogen) atoms. The highest BCUT2D eigenvalue weighted by atomic mass is 79.9. The van der Waals surface area contributed by atoms with Crippen LogP contribution in [-0.2, 0) is 0 Å². The zero-order chi connectivity index (χ0) is 13.9. The molecule has 4 heteroatoms. The number of nitrogens with zero attached hydrogens (tertiary/aromatic N) is 2. The van der Waals surface area contributed by atoms with Gasteiger partial charge >= 0.3 is 0 Å². The van der Waals surface area contributed by atoms with Crippen LogP contribution in [0.15, 0.2) is 59.6 Å². The predicted octanol–water partition coefficient (Wildman–Crippen LogP) is 3.71. The molecule has 0 amide bonds. The van der Waals surface area contributed by atoms with Crippen molar-refractivity contribution in [2.24, 2.45) is 0 Å². The van der Waals surface area contributed by atoms with Crippen LogP contribution in [0.2, 0.25) is 0 Å². The first-order valence-electron chi connectivity index (χ1n) is 5.98. The summed E-state index contributed by atoms with van der Waals surface area (Å²) in [6, 6.07) is 7.69. The number of hydrogen-bond donors (Lipinski definition) is 1. The topological polar surface area (TPSA) is 46.0 Å². The largest absolute Gasteiger partial charge is 0.393 e. The summed E-state index contributed by atoms with van der Waals surface area (Å²) in [4.78, 5) is 7.81. The van der Waals surface area contributed by atoms with Gasteiger partial charge in [-0.2, -0.15) is 0 Å². The van der Waals surface area contributed by atoms with Crippen LogP contribution in [0.3, 0.4) is 0 Å². The van der Waals surface area contributed by atoms with Crippen LogP contribution >= 0.6 is 15.9 Å². The summed E-state index contributed by atoms with van der Waals surface area (Å²) in [5.41, 5.74) is 1.07. The molecule has 1 N–H and O–H groups in total. The summed E-state index contributed by atoms with van der Waals surface area (Å²) in [6.45, 7) is 1.77. The van der Waals surface area contributed by atoms with Crippen LogP contribution in [0.1, 0.15) is 18.9 Å². The molecule has 2 heterocycles. The maximum Gasteiger partial charge on any atom is 0.0546 e. The first-order valence-corrected chi connectivity index (χ1v) is 6.78. The molecule has 0 aromatic carbocycles. The number of hydrogen-bond acceptors (Lipinski definition) is 3. The van der Waals surface area contributed by atoms with Crippen molar-refractivity contribution >= 4 is 22.0 Å². The van der Waals surface area contributed by atoms with E-state index in [1.165, 1.54) is 0 Å². The molecule has 100 valence electrons. The SMILES string of the molecule is Brc1cccnc1.C[C@H](O)C/C=C/c1cccnc1. The van der Waals surface area contributed by atoms with E-state index < -0.39 is 0 Å². The Bertz CT molecular complexity index is 472. The van der Waals surface area contributed by atoms with E-state index >= 15 is 0 Å². The van der Waals surface area contributed by atoms with Gasteiger partial charge in [0.15, 0.2) is 0 Å².